The molecule has 0 saturated carbocycles. The predicted octanol–water partition coefficient (Wildman–Crippen LogP) is 2.95. The Morgan fingerprint density at radius 3 is 2.68 bits per heavy atom. The lowest BCUT2D eigenvalue weighted by molar-refractivity contribution is -0.131. The second-order valence-corrected chi connectivity index (χ2v) is 9.50. The average Bonchev–Trinajstić information content (AvgIpc) is 3.34. The van der Waals surface area contributed by atoms with Crippen LogP contribution >= 0.6 is 11.8 Å². The molecule has 1 aliphatic carbocycles. The van der Waals surface area contributed by atoms with Crippen LogP contribution in [0.25, 0.3) is 0 Å². The molecular formula is C24H25N3O3S. The van der Waals surface area contributed by atoms with Crippen molar-refractivity contribution in [3.8, 4) is 0 Å². The molecule has 0 bridgehead atoms. The van der Waals surface area contributed by atoms with Crippen molar-refractivity contribution < 1.29 is 14.4 Å². The maximum absolute atomic E-state index is 13.0. The van der Waals surface area contributed by atoms with Gasteiger partial charge in [-0.15, -0.1) is 11.8 Å². The van der Waals surface area contributed by atoms with Gasteiger partial charge in [-0.1, -0.05) is 42.5 Å². The van der Waals surface area contributed by atoms with Gasteiger partial charge in [0.15, 0.2) is 0 Å². The van der Waals surface area contributed by atoms with Crippen LogP contribution in [0.2, 0.25) is 0 Å². The largest absolute Gasteiger partial charge is 0.348 e. The summed E-state index contributed by atoms with van der Waals surface area (Å²) in [5.41, 5.74) is 4.07. The summed E-state index contributed by atoms with van der Waals surface area (Å²) in [6, 6.07) is 14.4. The van der Waals surface area contributed by atoms with Gasteiger partial charge in [-0.3, -0.25) is 14.4 Å². The summed E-state index contributed by atoms with van der Waals surface area (Å²) in [5, 5.41) is 5.81. The summed E-state index contributed by atoms with van der Waals surface area (Å²) in [5.74, 6) is -0.0567. The second-order valence-electron chi connectivity index (χ2n) is 8.38. The van der Waals surface area contributed by atoms with Gasteiger partial charge in [-0.25, -0.2) is 0 Å². The monoisotopic (exact) mass is 435 g/mol. The topological polar surface area (TPSA) is 78.5 Å². The lowest BCUT2D eigenvalue weighted by atomic mass is 9.87. The SMILES string of the molecule is CC(NC(=O)C1CSC2c3ccccc3C(=O)N12)C(=O)NC1CCCc2ccccc21. The number of carbonyl (C=O) groups is 3. The Labute approximate surface area is 185 Å². The van der Waals surface area contributed by atoms with Crippen molar-refractivity contribution in [2.75, 3.05) is 5.75 Å². The fraction of sp³-hybridized carbons (Fsp3) is 0.375. The summed E-state index contributed by atoms with van der Waals surface area (Å²) in [4.78, 5) is 40.3. The predicted molar refractivity (Wildman–Crippen MR) is 119 cm³/mol. The molecular weight excluding hydrogens is 410 g/mol. The fourth-order valence-corrected chi connectivity index (χ4v) is 6.28. The number of rotatable bonds is 4. The lowest BCUT2D eigenvalue weighted by Crippen LogP contribution is -2.52. The zero-order chi connectivity index (χ0) is 21.5. The van der Waals surface area contributed by atoms with Crippen LogP contribution in [0.4, 0.5) is 0 Å². The van der Waals surface area contributed by atoms with E-state index in [4.69, 9.17) is 0 Å². The number of carbonyl (C=O) groups excluding carboxylic acids is 3. The number of hydrogen-bond acceptors (Lipinski definition) is 4. The molecule has 0 spiro atoms. The Bertz CT molecular complexity index is 1060. The molecule has 2 aliphatic heterocycles. The van der Waals surface area contributed by atoms with Crippen molar-refractivity contribution >= 4 is 29.5 Å². The minimum absolute atomic E-state index is 0.0297. The molecule has 5 rings (SSSR count). The van der Waals surface area contributed by atoms with Crippen molar-refractivity contribution in [1.29, 1.82) is 0 Å². The normalized spacial score (nSPS) is 24.7. The number of nitrogens with zero attached hydrogens (tertiary/aromatic N) is 1. The maximum atomic E-state index is 13.0. The van der Waals surface area contributed by atoms with E-state index in [0.29, 0.717) is 11.3 Å². The van der Waals surface area contributed by atoms with E-state index < -0.39 is 12.1 Å². The third-order valence-electron chi connectivity index (χ3n) is 6.43. The average molecular weight is 436 g/mol. The van der Waals surface area contributed by atoms with Crippen molar-refractivity contribution in [3.63, 3.8) is 0 Å². The highest BCUT2D eigenvalue weighted by molar-refractivity contribution is 7.99. The molecule has 4 atom stereocenters. The molecule has 6 nitrogen and oxygen atoms in total. The Morgan fingerprint density at radius 1 is 1.10 bits per heavy atom. The highest BCUT2D eigenvalue weighted by Gasteiger charge is 2.48. The van der Waals surface area contributed by atoms with Gasteiger partial charge in [-0.05, 0) is 48.9 Å². The molecule has 2 N–H and O–H groups in total. The summed E-state index contributed by atoms with van der Waals surface area (Å²) in [6.45, 7) is 1.70. The van der Waals surface area contributed by atoms with Gasteiger partial charge in [0.2, 0.25) is 11.8 Å². The van der Waals surface area contributed by atoms with Crippen LogP contribution in [0.15, 0.2) is 48.5 Å². The van der Waals surface area contributed by atoms with Crippen molar-refractivity contribution in [2.24, 2.45) is 0 Å². The van der Waals surface area contributed by atoms with Crippen LogP contribution in [0.5, 0.6) is 0 Å². The van der Waals surface area contributed by atoms with E-state index in [0.717, 1.165) is 30.4 Å². The fourth-order valence-electron chi connectivity index (χ4n) is 4.82. The first kappa shape index (κ1) is 20.1. The molecule has 7 heteroatoms. The molecule has 3 amide bonds. The molecule has 1 saturated heterocycles. The smallest absolute Gasteiger partial charge is 0.256 e. The van der Waals surface area contributed by atoms with E-state index in [1.54, 1.807) is 23.6 Å². The Balaban J connectivity index is 1.23. The van der Waals surface area contributed by atoms with Crippen LogP contribution in [-0.2, 0) is 16.0 Å². The van der Waals surface area contributed by atoms with Gasteiger partial charge in [0.25, 0.3) is 5.91 Å². The Kier molecular flexibility index (Phi) is 5.22. The third-order valence-corrected chi connectivity index (χ3v) is 7.74. The number of amides is 3. The van der Waals surface area contributed by atoms with Gasteiger partial charge in [0.1, 0.15) is 17.5 Å². The Morgan fingerprint density at radius 2 is 1.84 bits per heavy atom. The van der Waals surface area contributed by atoms with E-state index in [2.05, 4.69) is 22.8 Å². The summed E-state index contributed by atoms with van der Waals surface area (Å²) in [7, 11) is 0. The lowest BCUT2D eigenvalue weighted by Gasteiger charge is -2.28. The van der Waals surface area contributed by atoms with E-state index in [1.165, 1.54) is 5.56 Å². The summed E-state index contributed by atoms with van der Waals surface area (Å²) < 4.78 is 0. The van der Waals surface area contributed by atoms with E-state index in [-0.39, 0.29) is 29.1 Å². The van der Waals surface area contributed by atoms with Crippen molar-refractivity contribution in [1.82, 2.24) is 15.5 Å². The number of hydrogen-bond donors (Lipinski definition) is 2. The Hall–Kier alpha value is -2.80. The van der Waals surface area contributed by atoms with E-state index in [1.807, 2.05) is 36.4 Å². The molecule has 0 radical (unpaired) electrons. The van der Waals surface area contributed by atoms with Gasteiger partial charge in [-0.2, -0.15) is 0 Å². The minimum atomic E-state index is -0.675. The molecule has 1 fully saturated rings. The van der Waals surface area contributed by atoms with Gasteiger partial charge in [0.05, 0.1) is 6.04 Å². The van der Waals surface area contributed by atoms with Crippen molar-refractivity contribution in [2.45, 2.75) is 49.7 Å². The first-order valence-corrected chi connectivity index (χ1v) is 11.8. The van der Waals surface area contributed by atoms with Gasteiger partial charge in [0, 0.05) is 11.3 Å². The standard InChI is InChI=1S/C24H25N3O3S/c1-14(21(28)26-19-12-6-8-15-7-2-3-9-16(15)19)25-22(29)20-13-31-24-18-11-5-4-10-17(18)23(30)27(20)24/h2-5,7,9-11,14,19-20,24H,6,8,12-13H2,1H3,(H,25,29)(H,26,28). The zero-order valence-corrected chi connectivity index (χ0v) is 18.2. The molecule has 4 unspecified atom stereocenters. The number of thioether (sulfide) groups is 1. The van der Waals surface area contributed by atoms with Gasteiger partial charge < -0.3 is 15.5 Å². The van der Waals surface area contributed by atoms with E-state index in [9.17, 15) is 14.4 Å². The summed E-state index contributed by atoms with van der Waals surface area (Å²) in [6.07, 6.45) is 2.95. The zero-order valence-electron chi connectivity index (χ0n) is 17.3. The van der Waals surface area contributed by atoms with Crippen LogP contribution in [0.1, 0.15) is 58.2 Å². The summed E-state index contributed by atoms with van der Waals surface area (Å²) >= 11 is 1.60. The van der Waals surface area contributed by atoms with E-state index >= 15 is 0 Å². The third kappa shape index (κ3) is 3.51. The van der Waals surface area contributed by atoms with Crippen LogP contribution in [0, 0.1) is 0 Å². The number of nitrogens with one attached hydrogen (secondary N) is 2. The number of aryl methyl sites for hydroxylation is 1. The molecule has 2 aromatic rings. The van der Waals surface area contributed by atoms with Crippen molar-refractivity contribution in [3.05, 3.63) is 70.8 Å². The minimum Gasteiger partial charge on any atom is -0.348 e. The highest BCUT2D eigenvalue weighted by atomic mass is 32.2. The first-order valence-electron chi connectivity index (χ1n) is 10.8. The van der Waals surface area contributed by atoms with Crippen LogP contribution in [-0.4, -0.2) is 40.5 Å². The molecule has 2 heterocycles. The molecule has 31 heavy (non-hydrogen) atoms. The van der Waals surface area contributed by atoms with Crippen LogP contribution in [0.3, 0.4) is 0 Å². The molecule has 160 valence electrons. The molecule has 2 aromatic carbocycles. The molecule has 0 aromatic heterocycles. The number of fused-ring (bicyclic) bond motifs is 4. The quantitative estimate of drug-likeness (QED) is 0.774. The van der Waals surface area contributed by atoms with Gasteiger partial charge >= 0.3 is 0 Å². The molecule has 3 aliphatic rings. The van der Waals surface area contributed by atoms with Crippen LogP contribution < -0.4 is 10.6 Å². The second kappa shape index (κ2) is 8.04. The number of benzene rings is 2. The first-order chi connectivity index (χ1) is 15.0. The highest BCUT2D eigenvalue weighted by Crippen LogP contribution is 2.48. The maximum Gasteiger partial charge on any atom is 0.256 e.